The van der Waals surface area contributed by atoms with E-state index in [4.69, 9.17) is 7.85 Å². The highest BCUT2D eigenvalue weighted by atomic mass is 28.2. The van der Waals surface area contributed by atoms with E-state index in [1.165, 1.54) is 11.1 Å². The normalized spacial score (nSPS) is 11.3. The smallest absolute Gasteiger partial charge is 0.103 e. The number of aromatic nitrogens is 2. The number of allylic oxidation sites excluding steroid dienone is 1. The molecule has 0 aliphatic rings. The van der Waals surface area contributed by atoms with Gasteiger partial charge in [0.05, 0.1) is 21.0 Å². The molecule has 1 heterocycles. The highest BCUT2D eigenvalue weighted by Crippen LogP contribution is 2.33. The van der Waals surface area contributed by atoms with Gasteiger partial charge >= 0.3 is 0 Å². The van der Waals surface area contributed by atoms with Crippen molar-refractivity contribution < 1.29 is 0 Å². The molecular weight excluding hydrogens is 463 g/mol. The van der Waals surface area contributed by atoms with Gasteiger partial charge in [0.25, 0.3) is 0 Å². The second-order valence-corrected chi connectivity index (χ2v) is 10.6. The van der Waals surface area contributed by atoms with E-state index in [1.54, 1.807) is 5.98 Å². The molecule has 0 N–H and O–H groups in total. The SMILES string of the molecule is CC=C[SiH2]C(c1ccccc1)(c1ccccc1)n1ccnc1.[B]C=C(c1ccccc1)c1ccccc1. The summed E-state index contributed by atoms with van der Waals surface area (Å²) in [5.41, 5.74) is 8.36. The molecule has 0 aliphatic carbocycles. The van der Waals surface area contributed by atoms with Gasteiger partial charge in [0.15, 0.2) is 0 Å². The molecular formula is C33H31BN2Si. The molecule has 0 unspecified atom stereocenters. The van der Waals surface area contributed by atoms with Crippen LogP contribution in [0.2, 0.25) is 0 Å². The molecule has 5 rings (SSSR count). The van der Waals surface area contributed by atoms with Crippen molar-refractivity contribution in [3.05, 3.63) is 180 Å². The Morgan fingerprint density at radius 2 is 1.19 bits per heavy atom. The standard InChI is InChI=1S/C19H20N2Si.C14H11B/c1-2-15-22-19(21-14-13-20-16-21,17-9-5-3-6-10-17)18-11-7-4-8-12-18;15-11-14(12-7-3-1-4-8-12)13-9-5-2-6-10-13/h2-16H,22H2,1H3;1-11H. The summed E-state index contributed by atoms with van der Waals surface area (Å²) in [6.45, 7) is 2.10. The zero-order chi connectivity index (χ0) is 25.8. The number of nitrogens with zero attached hydrogens (tertiary/aromatic N) is 2. The third-order valence-corrected chi connectivity index (χ3v) is 8.91. The Hall–Kier alpha value is -4.15. The molecule has 5 aromatic rings. The first-order chi connectivity index (χ1) is 18.3. The van der Waals surface area contributed by atoms with Crippen molar-refractivity contribution in [1.29, 1.82) is 0 Å². The van der Waals surface area contributed by atoms with Crippen LogP contribution in [0.25, 0.3) is 5.57 Å². The molecule has 0 amide bonds. The summed E-state index contributed by atoms with van der Waals surface area (Å²) < 4.78 is 2.27. The summed E-state index contributed by atoms with van der Waals surface area (Å²) in [7, 11) is 5.07. The first-order valence-corrected chi connectivity index (χ1v) is 14.1. The van der Waals surface area contributed by atoms with E-state index in [-0.39, 0.29) is 5.16 Å². The Labute approximate surface area is 224 Å². The zero-order valence-electron chi connectivity index (χ0n) is 21.2. The second-order valence-electron chi connectivity index (χ2n) is 8.65. The van der Waals surface area contributed by atoms with Gasteiger partial charge < -0.3 is 4.57 Å². The Morgan fingerprint density at radius 1 is 0.730 bits per heavy atom. The number of hydrogen-bond acceptors (Lipinski definition) is 1. The third-order valence-electron chi connectivity index (χ3n) is 6.43. The maximum atomic E-state index is 5.67. The zero-order valence-corrected chi connectivity index (χ0v) is 22.6. The molecule has 4 aromatic carbocycles. The molecule has 0 spiro atoms. The van der Waals surface area contributed by atoms with Crippen molar-refractivity contribution in [3.8, 4) is 0 Å². The van der Waals surface area contributed by atoms with Crippen molar-refractivity contribution in [2.75, 3.05) is 0 Å². The highest BCUT2D eigenvalue weighted by molar-refractivity contribution is 6.47. The predicted molar refractivity (Wildman–Crippen MR) is 160 cm³/mol. The highest BCUT2D eigenvalue weighted by Gasteiger charge is 2.34. The average molecular weight is 495 g/mol. The van der Waals surface area contributed by atoms with Gasteiger partial charge in [0.1, 0.15) is 7.85 Å². The van der Waals surface area contributed by atoms with Crippen molar-refractivity contribution in [1.82, 2.24) is 9.55 Å². The summed E-state index contributed by atoms with van der Waals surface area (Å²) in [6, 6.07) is 41.8. The summed E-state index contributed by atoms with van der Waals surface area (Å²) in [5, 5.41) is -0.133. The summed E-state index contributed by atoms with van der Waals surface area (Å²) >= 11 is 0. The van der Waals surface area contributed by atoms with Crippen LogP contribution in [0, 0.1) is 0 Å². The van der Waals surface area contributed by atoms with Crippen LogP contribution in [0.4, 0.5) is 0 Å². The van der Waals surface area contributed by atoms with Crippen LogP contribution in [0.15, 0.2) is 158 Å². The van der Waals surface area contributed by atoms with Crippen LogP contribution in [0.3, 0.4) is 0 Å². The molecule has 0 fully saturated rings. The fourth-order valence-corrected chi connectivity index (χ4v) is 6.52. The molecule has 4 heteroatoms. The van der Waals surface area contributed by atoms with Crippen molar-refractivity contribution in [2.45, 2.75) is 12.1 Å². The van der Waals surface area contributed by atoms with Gasteiger partial charge in [-0.1, -0.05) is 127 Å². The van der Waals surface area contributed by atoms with E-state index in [9.17, 15) is 0 Å². The summed E-state index contributed by atoms with van der Waals surface area (Å²) in [4.78, 5) is 4.31. The molecule has 0 saturated heterocycles. The van der Waals surface area contributed by atoms with Crippen LogP contribution < -0.4 is 0 Å². The lowest BCUT2D eigenvalue weighted by Gasteiger charge is -2.36. The largest absolute Gasteiger partial charge is 0.326 e. The maximum absolute atomic E-state index is 5.67. The first-order valence-electron chi connectivity index (χ1n) is 12.5. The van der Waals surface area contributed by atoms with E-state index >= 15 is 0 Å². The lowest BCUT2D eigenvalue weighted by molar-refractivity contribution is 0.596. The fourth-order valence-electron chi connectivity index (χ4n) is 4.60. The minimum atomic E-state index is -0.605. The molecule has 0 bridgehead atoms. The predicted octanol–water partition coefficient (Wildman–Crippen LogP) is 6.58. The maximum Gasteiger partial charge on any atom is 0.103 e. The Kier molecular flexibility index (Phi) is 9.28. The second kappa shape index (κ2) is 13.2. The van der Waals surface area contributed by atoms with Crippen molar-refractivity contribution >= 4 is 22.9 Å². The number of imidazole rings is 1. The lowest BCUT2D eigenvalue weighted by atomic mass is 9.92. The van der Waals surface area contributed by atoms with E-state index in [1.807, 2.05) is 48.9 Å². The Balaban J connectivity index is 0.000000186. The molecule has 37 heavy (non-hydrogen) atoms. The molecule has 2 nitrogen and oxygen atoms in total. The van der Waals surface area contributed by atoms with Crippen molar-refractivity contribution in [2.24, 2.45) is 0 Å². The number of benzene rings is 4. The van der Waals surface area contributed by atoms with Crippen LogP contribution in [0.5, 0.6) is 0 Å². The Bertz CT molecular complexity index is 1300. The fraction of sp³-hybridized carbons (Fsp3) is 0.0606. The van der Waals surface area contributed by atoms with Gasteiger partial charge in [-0.15, -0.1) is 11.7 Å². The van der Waals surface area contributed by atoms with Gasteiger partial charge in [0, 0.05) is 12.4 Å². The quantitative estimate of drug-likeness (QED) is 0.234. The van der Waals surface area contributed by atoms with E-state index in [2.05, 4.69) is 119 Å². The van der Waals surface area contributed by atoms with Crippen LogP contribution >= 0.6 is 0 Å². The molecule has 0 aliphatic heterocycles. The van der Waals surface area contributed by atoms with Gasteiger partial charge in [-0.25, -0.2) is 4.98 Å². The molecule has 180 valence electrons. The topological polar surface area (TPSA) is 17.8 Å². The molecule has 0 atom stereocenters. The number of hydrogen-bond donors (Lipinski definition) is 0. The molecule has 0 saturated carbocycles. The first kappa shape index (κ1) is 25.9. The van der Waals surface area contributed by atoms with Gasteiger partial charge in [0.2, 0.25) is 0 Å². The monoisotopic (exact) mass is 494 g/mol. The summed E-state index contributed by atoms with van der Waals surface area (Å²) in [6.07, 6.45) is 8.06. The number of rotatable bonds is 7. The van der Waals surface area contributed by atoms with Gasteiger partial charge in [-0.3, -0.25) is 0 Å². The Morgan fingerprint density at radius 3 is 1.57 bits per heavy atom. The summed E-state index contributed by atoms with van der Waals surface area (Å²) in [5.74, 6) is 1.66. The van der Waals surface area contributed by atoms with Crippen LogP contribution in [0.1, 0.15) is 29.2 Å². The molecule has 2 radical (unpaired) electrons. The van der Waals surface area contributed by atoms with Gasteiger partial charge in [-0.2, -0.15) is 0 Å². The van der Waals surface area contributed by atoms with E-state index in [0.29, 0.717) is 0 Å². The van der Waals surface area contributed by atoms with Crippen LogP contribution in [-0.4, -0.2) is 26.9 Å². The minimum absolute atomic E-state index is 0.133. The van der Waals surface area contributed by atoms with E-state index in [0.717, 1.165) is 16.7 Å². The average Bonchev–Trinajstić information content (AvgIpc) is 3.52. The van der Waals surface area contributed by atoms with Crippen molar-refractivity contribution in [3.63, 3.8) is 0 Å². The molecule has 1 aromatic heterocycles. The third kappa shape index (κ3) is 6.17. The van der Waals surface area contributed by atoms with E-state index < -0.39 is 9.52 Å². The van der Waals surface area contributed by atoms with Gasteiger partial charge in [-0.05, 0) is 34.8 Å². The minimum Gasteiger partial charge on any atom is -0.326 e. The van der Waals surface area contributed by atoms with Crippen LogP contribution in [-0.2, 0) is 5.16 Å². The lowest BCUT2D eigenvalue weighted by Crippen LogP contribution is -2.41.